The third-order valence-electron chi connectivity index (χ3n) is 2.70. The van der Waals surface area contributed by atoms with Crippen LogP contribution in [0.3, 0.4) is 0 Å². The minimum atomic E-state index is -0.116. The molecule has 0 fully saturated rings. The Bertz CT molecular complexity index is 547. The zero-order chi connectivity index (χ0) is 11.9. The van der Waals surface area contributed by atoms with E-state index in [0.717, 1.165) is 23.3 Å². The van der Waals surface area contributed by atoms with Gasteiger partial charge in [-0.05, 0) is 19.1 Å². The topological polar surface area (TPSA) is 34.4 Å². The number of rotatable bonds is 1. The Hall–Kier alpha value is -1.64. The molecule has 3 nitrogen and oxygen atoms in total. The number of pyridine rings is 1. The Labute approximate surface area is 95.1 Å². The minimum Gasteiger partial charge on any atom is -0.296 e. The minimum absolute atomic E-state index is 0.116. The average Bonchev–Trinajstić information content (AvgIpc) is 2.57. The predicted octanol–water partition coefficient (Wildman–Crippen LogP) is 2.75. The number of aldehydes is 1. The second kappa shape index (κ2) is 3.44. The Morgan fingerprint density at radius 1 is 1.31 bits per heavy atom. The molecule has 0 unspecified atom stereocenters. The Balaban J connectivity index is 2.88. The summed E-state index contributed by atoms with van der Waals surface area (Å²) in [6.07, 6.45) is 0.896. The maximum Gasteiger partial charge on any atom is 0.168 e. The van der Waals surface area contributed by atoms with Crippen LogP contribution in [0.5, 0.6) is 0 Å². The first-order valence-corrected chi connectivity index (χ1v) is 5.39. The molecule has 0 N–H and O–H groups in total. The van der Waals surface area contributed by atoms with Crippen molar-refractivity contribution in [2.75, 3.05) is 0 Å². The second-order valence-corrected chi connectivity index (χ2v) is 5.07. The smallest absolute Gasteiger partial charge is 0.168 e. The number of aryl methyl sites for hydroxylation is 1. The van der Waals surface area contributed by atoms with Crippen LogP contribution in [-0.2, 0) is 5.41 Å². The van der Waals surface area contributed by atoms with Crippen molar-refractivity contribution in [3.05, 3.63) is 35.3 Å². The van der Waals surface area contributed by atoms with Crippen LogP contribution in [-0.4, -0.2) is 15.7 Å². The third kappa shape index (κ3) is 1.52. The van der Waals surface area contributed by atoms with Gasteiger partial charge < -0.3 is 0 Å². The van der Waals surface area contributed by atoms with Gasteiger partial charge >= 0.3 is 0 Å². The van der Waals surface area contributed by atoms with Gasteiger partial charge in [0.25, 0.3) is 0 Å². The van der Waals surface area contributed by atoms with Crippen LogP contribution in [0.4, 0.5) is 0 Å². The molecule has 0 amide bonds. The highest BCUT2D eigenvalue weighted by atomic mass is 16.1. The molecule has 0 radical (unpaired) electrons. The van der Waals surface area contributed by atoms with E-state index in [1.54, 1.807) is 0 Å². The molecule has 0 bridgehead atoms. The molecule has 0 aliphatic carbocycles. The number of carbonyl (C=O) groups excluding carboxylic acids is 1. The molecule has 2 aromatic heterocycles. The van der Waals surface area contributed by atoms with E-state index in [0.29, 0.717) is 5.69 Å². The van der Waals surface area contributed by atoms with Crippen LogP contribution < -0.4 is 0 Å². The van der Waals surface area contributed by atoms with Gasteiger partial charge in [0.2, 0.25) is 0 Å². The van der Waals surface area contributed by atoms with Gasteiger partial charge in [-0.3, -0.25) is 9.20 Å². The fraction of sp³-hybridized carbons (Fsp3) is 0.385. The molecule has 84 valence electrons. The van der Waals surface area contributed by atoms with E-state index in [9.17, 15) is 4.79 Å². The first-order valence-electron chi connectivity index (χ1n) is 5.39. The number of nitrogens with zero attached hydrogens (tertiary/aromatic N) is 2. The van der Waals surface area contributed by atoms with Crippen LogP contribution in [0.25, 0.3) is 5.65 Å². The van der Waals surface area contributed by atoms with Crippen LogP contribution in [0.1, 0.15) is 42.6 Å². The van der Waals surface area contributed by atoms with E-state index < -0.39 is 0 Å². The third-order valence-corrected chi connectivity index (χ3v) is 2.70. The van der Waals surface area contributed by atoms with E-state index in [2.05, 4.69) is 25.8 Å². The standard InChI is InChI=1S/C13H16N2O/c1-9-6-5-7-11-14-12(13(2,3)4)10(8-16)15(9)11/h5-8H,1-4H3. The van der Waals surface area contributed by atoms with Gasteiger partial charge in [-0.2, -0.15) is 0 Å². The van der Waals surface area contributed by atoms with Gasteiger partial charge in [-0.25, -0.2) is 4.98 Å². The van der Waals surface area contributed by atoms with Crippen LogP contribution in [0.2, 0.25) is 0 Å². The quantitative estimate of drug-likeness (QED) is 0.687. The lowest BCUT2D eigenvalue weighted by Crippen LogP contribution is -2.14. The SMILES string of the molecule is Cc1cccc2nc(C(C)(C)C)c(C=O)n12. The summed E-state index contributed by atoms with van der Waals surface area (Å²) in [5.41, 5.74) is 3.28. The predicted molar refractivity (Wildman–Crippen MR) is 64.0 cm³/mol. The molecule has 16 heavy (non-hydrogen) atoms. The Morgan fingerprint density at radius 2 is 2.00 bits per heavy atom. The average molecular weight is 216 g/mol. The molecule has 0 aliphatic rings. The molecule has 0 atom stereocenters. The summed E-state index contributed by atoms with van der Waals surface area (Å²) in [5.74, 6) is 0. The summed E-state index contributed by atoms with van der Waals surface area (Å²) in [6.45, 7) is 8.18. The highest BCUT2D eigenvalue weighted by Crippen LogP contribution is 2.25. The molecule has 0 spiro atoms. The van der Waals surface area contributed by atoms with Crippen molar-refractivity contribution in [2.24, 2.45) is 0 Å². The van der Waals surface area contributed by atoms with Gasteiger partial charge in [-0.1, -0.05) is 26.8 Å². The molecular weight excluding hydrogens is 200 g/mol. The lowest BCUT2D eigenvalue weighted by atomic mass is 9.91. The number of imidazole rings is 1. The maximum atomic E-state index is 11.2. The summed E-state index contributed by atoms with van der Waals surface area (Å²) in [4.78, 5) is 15.8. The molecule has 2 heterocycles. The lowest BCUT2D eigenvalue weighted by molar-refractivity contribution is 0.111. The van der Waals surface area contributed by atoms with Gasteiger partial charge in [0, 0.05) is 11.1 Å². The highest BCUT2D eigenvalue weighted by Gasteiger charge is 2.23. The van der Waals surface area contributed by atoms with Crippen molar-refractivity contribution in [3.63, 3.8) is 0 Å². The summed E-state index contributed by atoms with van der Waals surface area (Å²) in [7, 11) is 0. The van der Waals surface area contributed by atoms with Crippen molar-refractivity contribution in [2.45, 2.75) is 33.1 Å². The van der Waals surface area contributed by atoms with Crippen LogP contribution in [0, 0.1) is 6.92 Å². The van der Waals surface area contributed by atoms with Crippen LogP contribution in [0.15, 0.2) is 18.2 Å². The van der Waals surface area contributed by atoms with E-state index in [-0.39, 0.29) is 5.41 Å². The fourth-order valence-electron chi connectivity index (χ4n) is 1.94. The summed E-state index contributed by atoms with van der Waals surface area (Å²) in [6, 6.07) is 5.86. The Morgan fingerprint density at radius 3 is 2.56 bits per heavy atom. The van der Waals surface area contributed by atoms with E-state index in [4.69, 9.17) is 0 Å². The van der Waals surface area contributed by atoms with Crippen molar-refractivity contribution < 1.29 is 4.79 Å². The number of aromatic nitrogens is 2. The van der Waals surface area contributed by atoms with E-state index >= 15 is 0 Å². The van der Waals surface area contributed by atoms with Crippen molar-refractivity contribution in [1.82, 2.24) is 9.38 Å². The molecule has 2 aromatic rings. The first kappa shape index (κ1) is 10.9. The fourth-order valence-corrected chi connectivity index (χ4v) is 1.94. The lowest BCUT2D eigenvalue weighted by Gasteiger charge is -2.15. The number of hydrogen-bond acceptors (Lipinski definition) is 2. The summed E-state index contributed by atoms with van der Waals surface area (Å²) in [5, 5.41) is 0. The zero-order valence-corrected chi connectivity index (χ0v) is 10.1. The normalized spacial score (nSPS) is 12.0. The molecule has 0 aromatic carbocycles. The monoisotopic (exact) mass is 216 g/mol. The van der Waals surface area contributed by atoms with Crippen LogP contribution >= 0.6 is 0 Å². The molecule has 0 aliphatic heterocycles. The first-order chi connectivity index (χ1) is 7.45. The molecular formula is C13H16N2O. The molecule has 0 saturated heterocycles. The number of carbonyl (C=O) groups is 1. The number of fused-ring (bicyclic) bond motifs is 1. The van der Waals surface area contributed by atoms with Gasteiger partial charge in [0.15, 0.2) is 6.29 Å². The largest absolute Gasteiger partial charge is 0.296 e. The zero-order valence-electron chi connectivity index (χ0n) is 10.1. The highest BCUT2D eigenvalue weighted by molar-refractivity contribution is 5.77. The van der Waals surface area contributed by atoms with Crippen molar-refractivity contribution in [1.29, 1.82) is 0 Å². The van der Waals surface area contributed by atoms with Crippen molar-refractivity contribution in [3.8, 4) is 0 Å². The molecule has 3 heteroatoms. The van der Waals surface area contributed by atoms with Gasteiger partial charge in [0.05, 0.1) is 5.69 Å². The van der Waals surface area contributed by atoms with Gasteiger partial charge in [0.1, 0.15) is 11.3 Å². The van der Waals surface area contributed by atoms with E-state index in [1.807, 2.05) is 29.5 Å². The second-order valence-electron chi connectivity index (χ2n) is 5.07. The van der Waals surface area contributed by atoms with E-state index in [1.165, 1.54) is 0 Å². The number of hydrogen-bond donors (Lipinski definition) is 0. The maximum absolute atomic E-state index is 11.2. The Kier molecular flexibility index (Phi) is 2.34. The van der Waals surface area contributed by atoms with Gasteiger partial charge in [-0.15, -0.1) is 0 Å². The summed E-state index contributed by atoms with van der Waals surface area (Å²) >= 11 is 0. The summed E-state index contributed by atoms with van der Waals surface area (Å²) < 4.78 is 1.91. The molecule has 2 rings (SSSR count). The van der Waals surface area contributed by atoms with Crippen molar-refractivity contribution >= 4 is 11.9 Å². The molecule has 0 saturated carbocycles.